The first-order valence-electron chi connectivity index (χ1n) is 4.68. The van der Waals surface area contributed by atoms with Crippen LogP contribution in [-0.2, 0) is 6.54 Å². The van der Waals surface area contributed by atoms with E-state index in [1.54, 1.807) is 11.3 Å². The molecule has 0 atom stereocenters. The Morgan fingerprint density at radius 3 is 3.13 bits per heavy atom. The van der Waals surface area contributed by atoms with E-state index in [2.05, 4.69) is 14.7 Å². The Kier molecular flexibility index (Phi) is 3.21. The Morgan fingerprint density at radius 1 is 1.60 bits per heavy atom. The van der Waals surface area contributed by atoms with Crippen molar-refractivity contribution in [1.29, 1.82) is 0 Å². The summed E-state index contributed by atoms with van der Waals surface area (Å²) >= 11 is 7.66. The maximum absolute atomic E-state index is 6.05. The van der Waals surface area contributed by atoms with Crippen LogP contribution in [0.25, 0.3) is 4.96 Å². The minimum absolute atomic E-state index is 0. The highest BCUT2D eigenvalue weighted by Gasteiger charge is 2.21. The van der Waals surface area contributed by atoms with Crippen molar-refractivity contribution in [2.24, 2.45) is 0 Å². The second-order valence-electron chi connectivity index (χ2n) is 3.56. The van der Waals surface area contributed by atoms with E-state index in [-0.39, 0.29) is 12.4 Å². The topological polar surface area (TPSA) is 29.3 Å². The van der Waals surface area contributed by atoms with Crippen molar-refractivity contribution in [1.82, 2.24) is 14.7 Å². The molecular weight excluding hydrogens is 253 g/mol. The fourth-order valence-electron chi connectivity index (χ4n) is 1.49. The Morgan fingerprint density at radius 2 is 2.40 bits per heavy atom. The van der Waals surface area contributed by atoms with Crippen LogP contribution in [0.15, 0.2) is 11.6 Å². The van der Waals surface area contributed by atoms with E-state index in [9.17, 15) is 0 Å². The molecule has 2 aromatic rings. The maximum atomic E-state index is 6.05. The van der Waals surface area contributed by atoms with Crippen LogP contribution in [0, 0.1) is 0 Å². The van der Waals surface area contributed by atoms with Gasteiger partial charge in [-0.1, -0.05) is 11.6 Å². The molecule has 82 valence electrons. The maximum Gasteiger partial charge on any atom is 0.195 e. The van der Waals surface area contributed by atoms with Crippen LogP contribution in [0.3, 0.4) is 0 Å². The van der Waals surface area contributed by atoms with Crippen molar-refractivity contribution in [2.45, 2.75) is 25.4 Å². The molecule has 0 saturated heterocycles. The molecule has 0 amide bonds. The average molecular weight is 264 g/mol. The highest BCUT2D eigenvalue weighted by molar-refractivity contribution is 7.15. The van der Waals surface area contributed by atoms with E-state index in [1.807, 2.05) is 11.6 Å². The first-order chi connectivity index (χ1) is 6.84. The Bertz CT molecular complexity index is 461. The normalized spacial score (nSPS) is 15.5. The number of imidazole rings is 1. The smallest absolute Gasteiger partial charge is 0.195 e. The summed E-state index contributed by atoms with van der Waals surface area (Å²) in [6.45, 7) is 0.821. The molecule has 0 radical (unpaired) electrons. The summed E-state index contributed by atoms with van der Waals surface area (Å²) in [6.07, 6.45) is 4.61. The van der Waals surface area contributed by atoms with Crippen molar-refractivity contribution in [3.8, 4) is 0 Å². The lowest BCUT2D eigenvalue weighted by Gasteiger charge is -2.01. The van der Waals surface area contributed by atoms with Crippen molar-refractivity contribution in [2.75, 3.05) is 0 Å². The van der Waals surface area contributed by atoms with Crippen LogP contribution in [-0.4, -0.2) is 15.4 Å². The molecule has 6 heteroatoms. The Balaban J connectivity index is 0.000000853. The van der Waals surface area contributed by atoms with Crippen LogP contribution >= 0.6 is 35.3 Å². The van der Waals surface area contributed by atoms with Gasteiger partial charge in [0.15, 0.2) is 10.1 Å². The number of nitrogens with zero attached hydrogens (tertiary/aromatic N) is 2. The molecule has 2 aromatic heterocycles. The zero-order valence-electron chi connectivity index (χ0n) is 7.94. The van der Waals surface area contributed by atoms with Crippen LogP contribution < -0.4 is 5.32 Å². The molecule has 1 fully saturated rings. The molecule has 3 nitrogen and oxygen atoms in total. The summed E-state index contributed by atoms with van der Waals surface area (Å²) in [5.41, 5.74) is 1.08. The Labute approximate surface area is 103 Å². The van der Waals surface area contributed by atoms with Gasteiger partial charge in [0.2, 0.25) is 0 Å². The van der Waals surface area contributed by atoms with Crippen LogP contribution in [0.2, 0.25) is 5.15 Å². The standard InChI is InChI=1S/C9H10ClN3S.ClH/c10-8-7(5-11-6-1-2-6)13-3-4-14-9(13)12-8;/h3-4,6,11H,1-2,5H2;1H. The molecule has 1 aliphatic carbocycles. The molecule has 1 aliphatic rings. The van der Waals surface area contributed by atoms with E-state index < -0.39 is 0 Å². The summed E-state index contributed by atoms with van der Waals surface area (Å²) in [5.74, 6) is 0. The van der Waals surface area contributed by atoms with Gasteiger partial charge in [-0.25, -0.2) is 4.98 Å². The third kappa shape index (κ3) is 2.13. The van der Waals surface area contributed by atoms with E-state index >= 15 is 0 Å². The van der Waals surface area contributed by atoms with Gasteiger partial charge >= 0.3 is 0 Å². The summed E-state index contributed by atoms with van der Waals surface area (Å²) in [6, 6.07) is 0.704. The molecule has 0 aliphatic heterocycles. The number of hydrogen-bond donors (Lipinski definition) is 1. The summed E-state index contributed by atoms with van der Waals surface area (Å²) in [5, 5.41) is 6.10. The van der Waals surface area contributed by atoms with Gasteiger partial charge in [-0.05, 0) is 12.8 Å². The van der Waals surface area contributed by atoms with Crippen molar-refractivity contribution >= 4 is 40.3 Å². The number of hydrogen-bond acceptors (Lipinski definition) is 3. The van der Waals surface area contributed by atoms with E-state index in [1.165, 1.54) is 12.8 Å². The quantitative estimate of drug-likeness (QED) is 0.923. The molecular formula is C9H11Cl2N3S. The van der Waals surface area contributed by atoms with E-state index in [0.717, 1.165) is 17.2 Å². The third-order valence-corrected chi connectivity index (χ3v) is 3.51. The van der Waals surface area contributed by atoms with Gasteiger partial charge in [0.1, 0.15) is 0 Å². The lowest BCUT2D eigenvalue weighted by molar-refractivity contribution is 0.671. The van der Waals surface area contributed by atoms with Gasteiger partial charge in [0, 0.05) is 24.2 Å². The predicted octanol–water partition coefficient (Wildman–Crippen LogP) is 2.72. The number of aromatic nitrogens is 2. The summed E-state index contributed by atoms with van der Waals surface area (Å²) in [7, 11) is 0. The van der Waals surface area contributed by atoms with Crippen molar-refractivity contribution in [3.05, 3.63) is 22.4 Å². The molecule has 0 unspecified atom stereocenters. The average Bonchev–Trinajstić information content (AvgIpc) is 2.79. The number of thiazole rings is 1. The molecule has 2 heterocycles. The van der Waals surface area contributed by atoms with Crippen molar-refractivity contribution in [3.63, 3.8) is 0 Å². The fraction of sp³-hybridized carbons (Fsp3) is 0.444. The molecule has 0 spiro atoms. The van der Waals surface area contributed by atoms with Gasteiger partial charge in [0.25, 0.3) is 0 Å². The molecule has 0 aromatic carbocycles. The largest absolute Gasteiger partial charge is 0.308 e. The lowest BCUT2D eigenvalue weighted by Crippen LogP contribution is -2.16. The van der Waals surface area contributed by atoms with Gasteiger partial charge in [-0.15, -0.1) is 23.7 Å². The third-order valence-electron chi connectivity index (χ3n) is 2.45. The number of halogens is 2. The highest BCUT2D eigenvalue weighted by Crippen LogP contribution is 2.23. The zero-order chi connectivity index (χ0) is 9.54. The van der Waals surface area contributed by atoms with E-state index in [0.29, 0.717) is 11.2 Å². The van der Waals surface area contributed by atoms with Crippen LogP contribution in [0.5, 0.6) is 0 Å². The number of nitrogens with one attached hydrogen (secondary N) is 1. The molecule has 1 saturated carbocycles. The van der Waals surface area contributed by atoms with Gasteiger partial charge in [0.05, 0.1) is 5.69 Å². The predicted molar refractivity (Wildman–Crippen MR) is 65.2 cm³/mol. The van der Waals surface area contributed by atoms with Gasteiger partial charge < -0.3 is 5.32 Å². The first-order valence-corrected chi connectivity index (χ1v) is 5.93. The second-order valence-corrected chi connectivity index (χ2v) is 4.79. The number of fused-ring (bicyclic) bond motifs is 1. The van der Waals surface area contributed by atoms with Gasteiger partial charge in [-0.3, -0.25) is 4.40 Å². The fourth-order valence-corrected chi connectivity index (χ4v) is 2.51. The van der Waals surface area contributed by atoms with Gasteiger partial charge in [-0.2, -0.15) is 0 Å². The minimum Gasteiger partial charge on any atom is -0.308 e. The minimum atomic E-state index is 0. The summed E-state index contributed by atoms with van der Waals surface area (Å²) in [4.78, 5) is 5.25. The Hall–Kier alpha value is -0.290. The highest BCUT2D eigenvalue weighted by atomic mass is 35.5. The van der Waals surface area contributed by atoms with Crippen molar-refractivity contribution < 1.29 is 0 Å². The molecule has 3 rings (SSSR count). The summed E-state index contributed by atoms with van der Waals surface area (Å²) < 4.78 is 2.06. The molecule has 0 bridgehead atoms. The molecule has 1 N–H and O–H groups in total. The van der Waals surface area contributed by atoms with Crippen LogP contribution in [0.4, 0.5) is 0 Å². The second kappa shape index (κ2) is 4.29. The van der Waals surface area contributed by atoms with Crippen LogP contribution in [0.1, 0.15) is 18.5 Å². The number of rotatable bonds is 3. The SMILES string of the molecule is Cl.Clc1nc2sccn2c1CNC1CC1. The monoisotopic (exact) mass is 263 g/mol. The first kappa shape index (κ1) is 11.2. The molecule has 15 heavy (non-hydrogen) atoms. The lowest BCUT2D eigenvalue weighted by atomic mass is 10.4. The zero-order valence-corrected chi connectivity index (χ0v) is 10.3. The van der Waals surface area contributed by atoms with E-state index in [4.69, 9.17) is 11.6 Å².